The summed E-state index contributed by atoms with van der Waals surface area (Å²) in [7, 11) is 1.53. The summed E-state index contributed by atoms with van der Waals surface area (Å²) in [6, 6.07) is 18.6. The van der Waals surface area contributed by atoms with E-state index in [0.717, 1.165) is 10.8 Å². The zero-order chi connectivity index (χ0) is 14.8. The van der Waals surface area contributed by atoms with E-state index in [1.54, 1.807) is 18.2 Å². The lowest BCUT2D eigenvalue weighted by molar-refractivity contribution is 0.103. The fourth-order valence-electron chi connectivity index (χ4n) is 2.42. The Morgan fingerprint density at radius 3 is 2.52 bits per heavy atom. The van der Waals surface area contributed by atoms with Crippen LogP contribution in [0.5, 0.6) is 5.75 Å². The van der Waals surface area contributed by atoms with Gasteiger partial charge in [0.1, 0.15) is 5.75 Å². The Labute approximate surface area is 127 Å². The standard InChI is InChI=1S/C18H13ClO2/c1-21-17-11-13(19)9-10-16(17)18(20)15-8-4-6-12-5-2-3-7-14(12)15/h2-11H,1H3. The second-order valence-electron chi connectivity index (χ2n) is 4.70. The molecule has 0 unspecified atom stereocenters. The van der Waals surface area contributed by atoms with E-state index in [0.29, 0.717) is 21.9 Å². The highest BCUT2D eigenvalue weighted by molar-refractivity contribution is 6.31. The molecule has 0 saturated carbocycles. The summed E-state index contributed by atoms with van der Waals surface area (Å²) < 4.78 is 5.28. The molecule has 0 aliphatic carbocycles. The van der Waals surface area contributed by atoms with Crippen LogP contribution in [-0.2, 0) is 0 Å². The number of fused-ring (bicyclic) bond motifs is 1. The fourth-order valence-corrected chi connectivity index (χ4v) is 2.58. The smallest absolute Gasteiger partial charge is 0.197 e. The van der Waals surface area contributed by atoms with Gasteiger partial charge in [0.2, 0.25) is 0 Å². The van der Waals surface area contributed by atoms with E-state index in [1.807, 2.05) is 42.5 Å². The highest BCUT2D eigenvalue weighted by Crippen LogP contribution is 2.28. The molecule has 0 N–H and O–H groups in total. The molecule has 0 spiro atoms. The Bertz CT molecular complexity index is 819. The number of halogens is 1. The van der Waals surface area contributed by atoms with Gasteiger partial charge in [0, 0.05) is 10.6 Å². The minimum absolute atomic E-state index is 0.0692. The van der Waals surface area contributed by atoms with Crippen molar-refractivity contribution >= 4 is 28.2 Å². The minimum Gasteiger partial charge on any atom is -0.496 e. The van der Waals surface area contributed by atoms with Crippen molar-refractivity contribution in [2.45, 2.75) is 0 Å². The molecular weight excluding hydrogens is 284 g/mol. The van der Waals surface area contributed by atoms with Gasteiger partial charge in [-0.25, -0.2) is 0 Å². The molecule has 3 aromatic rings. The van der Waals surface area contributed by atoms with Gasteiger partial charge in [-0.15, -0.1) is 0 Å². The summed E-state index contributed by atoms with van der Waals surface area (Å²) in [5, 5.41) is 2.51. The molecule has 3 rings (SSSR count). The van der Waals surface area contributed by atoms with Crippen molar-refractivity contribution < 1.29 is 9.53 Å². The zero-order valence-electron chi connectivity index (χ0n) is 11.5. The number of carbonyl (C=O) groups excluding carboxylic acids is 1. The van der Waals surface area contributed by atoms with E-state index in [-0.39, 0.29) is 5.78 Å². The van der Waals surface area contributed by atoms with Gasteiger partial charge in [0.15, 0.2) is 5.78 Å². The maximum absolute atomic E-state index is 12.8. The molecule has 0 aliphatic heterocycles. The number of carbonyl (C=O) groups is 1. The minimum atomic E-state index is -0.0692. The largest absolute Gasteiger partial charge is 0.496 e. The van der Waals surface area contributed by atoms with Crippen molar-refractivity contribution in [2.75, 3.05) is 7.11 Å². The number of benzene rings is 3. The molecule has 3 heteroatoms. The molecule has 0 saturated heterocycles. The first-order valence-corrected chi connectivity index (χ1v) is 6.94. The number of ketones is 1. The van der Waals surface area contributed by atoms with E-state index < -0.39 is 0 Å². The monoisotopic (exact) mass is 296 g/mol. The topological polar surface area (TPSA) is 26.3 Å². The van der Waals surface area contributed by atoms with Crippen LogP contribution in [0.2, 0.25) is 5.02 Å². The SMILES string of the molecule is COc1cc(Cl)ccc1C(=O)c1cccc2ccccc12. The average molecular weight is 297 g/mol. The van der Waals surface area contributed by atoms with Gasteiger partial charge in [-0.1, -0.05) is 54.1 Å². The summed E-state index contributed by atoms with van der Waals surface area (Å²) in [4.78, 5) is 12.8. The van der Waals surface area contributed by atoms with Gasteiger partial charge >= 0.3 is 0 Å². The Hall–Kier alpha value is -2.32. The quantitative estimate of drug-likeness (QED) is 0.653. The molecular formula is C18H13ClO2. The van der Waals surface area contributed by atoms with Gasteiger partial charge in [-0.3, -0.25) is 4.79 Å². The number of rotatable bonds is 3. The lowest BCUT2D eigenvalue weighted by Crippen LogP contribution is -2.04. The van der Waals surface area contributed by atoms with Crippen molar-refractivity contribution in [1.29, 1.82) is 0 Å². The second kappa shape index (κ2) is 5.58. The molecule has 0 bridgehead atoms. The molecule has 0 fully saturated rings. The number of ether oxygens (including phenoxy) is 1. The van der Waals surface area contributed by atoms with Crippen LogP contribution >= 0.6 is 11.6 Å². The zero-order valence-corrected chi connectivity index (χ0v) is 12.2. The van der Waals surface area contributed by atoms with Crippen molar-refractivity contribution in [2.24, 2.45) is 0 Å². The maximum Gasteiger partial charge on any atom is 0.197 e. The van der Waals surface area contributed by atoms with E-state index in [2.05, 4.69) is 0 Å². The molecule has 0 amide bonds. The van der Waals surface area contributed by atoms with Gasteiger partial charge in [0.25, 0.3) is 0 Å². The Balaban J connectivity index is 2.17. The molecule has 21 heavy (non-hydrogen) atoms. The third kappa shape index (κ3) is 2.50. The van der Waals surface area contributed by atoms with Gasteiger partial charge in [-0.2, -0.15) is 0 Å². The average Bonchev–Trinajstić information content (AvgIpc) is 2.53. The van der Waals surface area contributed by atoms with Crippen LogP contribution in [0.1, 0.15) is 15.9 Å². The van der Waals surface area contributed by atoms with Crippen molar-refractivity contribution in [3.63, 3.8) is 0 Å². The van der Waals surface area contributed by atoms with Crippen LogP contribution in [0.3, 0.4) is 0 Å². The van der Waals surface area contributed by atoms with Crippen LogP contribution < -0.4 is 4.74 Å². The Morgan fingerprint density at radius 1 is 0.952 bits per heavy atom. The second-order valence-corrected chi connectivity index (χ2v) is 5.14. The van der Waals surface area contributed by atoms with Crippen LogP contribution in [0.4, 0.5) is 0 Å². The van der Waals surface area contributed by atoms with Gasteiger partial charge < -0.3 is 4.74 Å². The number of methoxy groups -OCH3 is 1. The molecule has 2 nitrogen and oxygen atoms in total. The third-order valence-electron chi connectivity index (χ3n) is 3.44. The highest BCUT2D eigenvalue weighted by atomic mass is 35.5. The van der Waals surface area contributed by atoms with Crippen LogP contribution in [0.15, 0.2) is 60.7 Å². The predicted octanol–water partition coefficient (Wildman–Crippen LogP) is 4.73. The molecule has 104 valence electrons. The number of hydrogen-bond donors (Lipinski definition) is 0. The normalized spacial score (nSPS) is 10.6. The summed E-state index contributed by atoms with van der Waals surface area (Å²) in [5.41, 5.74) is 1.17. The van der Waals surface area contributed by atoms with Crippen molar-refractivity contribution in [1.82, 2.24) is 0 Å². The molecule has 0 heterocycles. The van der Waals surface area contributed by atoms with Crippen LogP contribution in [0.25, 0.3) is 10.8 Å². The number of hydrogen-bond acceptors (Lipinski definition) is 2. The maximum atomic E-state index is 12.8. The fraction of sp³-hybridized carbons (Fsp3) is 0.0556. The van der Waals surface area contributed by atoms with Crippen molar-refractivity contribution in [3.8, 4) is 5.75 Å². The van der Waals surface area contributed by atoms with Crippen LogP contribution in [0, 0.1) is 0 Å². The predicted molar refractivity (Wildman–Crippen MR) is 85.4 cm³/mol. The Kier molecular flexibility index (Phi) is 3.63. The summed E-state index contributed by atoms with van der Waals surface area (Å²) >= 11 is 5.95. The molecule has 0 aromatic heterocycles. The molecule has 3 aromatic carbocycles. The molecule has 0 atom stereocenters. The first-order valence-electron chi connectivity index (χ1n) is 6.56. The third-order valence-corrected chi connectivity index (χ3v) is 3.68. The van der Waals surface area contributed by atoms with E-state index in [1.165, 1.54) is 7.11 Å². The van der Waals surface area contributed by atoms with Crippen LogP contribution in [-0.4, -0.2) is 12.9 Å². The van der Waals surface area contributed by atoms with E-state index >= 15 is 0 Å². The highest BCUT2D eigenvalue weighted by Gasteiger charge is 2.16. The summed E-state index contributed by atoms with van der Waals surface area (Å²) in [6.07, 6.45) is 0. The first-order chi connectivity index (χ1) is 10.2. The lowest BCUT2D eigenvalue weighted by Gasteiger charge is -2.10. The van der Waals surface area contributed by atoms with E-state index in [9.17, 15) is 4.79 Å². The molecule has 0 radical (unpaired) electrons. The summed E-state index contributed by atoms with van der Waals surface area (Å²) in [6.45, 7) is 0. The Morgan fingerprint density at radius 2 is 1.71 bits per heavy atom. The molecule has 0 aliphatic rings. The van der Waals surface area contributed by atoms with Gasteiger partial charge in [-0.05, 0) is 29.0 Å². The van der Waals surface area contributed by atoms with E-state index in [4.69, 9.17) is 16.3 Å². The van der Waals surface area contributed by atoms with Crippen molar-refractivity contribution in [3.05, 3.63) is 76.8 Å². The lowest BCUT2D eigenvalue weighted by atomic mass is 9.97. The van der Waals surface area contributed by atoms with Gasteiger partial charge in [0.05, 0.1) is 12.7 Å². The summed E-state index contributed by atoms with van der Waals surface area (Å²) in [5.74, 6) is 0.417. The first kappa shape index (κ1) is 13.7.